The molecule has 0 radical (unpaired) electrons. The van der Waals surface area contributed by atoms with Gasteiger partial charge < -0.3 is 29.3 Å². The molecule has 3 aromatic rings. The summed E-state index contributed by atoms with van der Waals surface area (Å²) in [5.41, 5.74) is 2.78. The van der Waals surface area contributed by atoms with Gasteiger partial charge in [0.15, 0.2) is 11.5 Å². The van der Waals surface area contributed by atoms with Gasteiger partial charge in [-0.2, -0.15) is 0 Å². The van der Waals surface area contributed by atoms with Gasteiger partial charge in [-0.25, -0.2) is 0 Å². The number of anilines is 2. The van der Waals surface area contributed by atoms with Crippen molar-refractivity contribution in [2.45, 2.75) is 0 Å². The zero-order valence-electron chi connectivity index (χ0n) is 20.2. The quantitative estimate of drug-likeness (QED) is 0.550. The van der Waals surface area contributed by atoms with Crippen LogP contribution in [-0.2, 0) is 4.79 Å². The van der Waals surface area contributed by atoms with E-state index < -0.39 is 0 Å². The van der Waals surface area contributed by atoms with Crippen LogP contribution >= 0.6 is 0 Å². The Morgan fingerprint density at radius 2 is 1.75 bits per heavy atom. The van der Waals surface area contributed by atoms with Crippen molar-refractivity contribution in [3.8, 4) is 17.2 Å². The van der Waals surface area contributed by atoms with E-state index in [2.05, 4.69) is 10.2 Å². The first-order valence-electron chi connectivity index (χ1n) is 11.7. The van der Waals surface area contributed by atoms with E-state index in [0.717, 1.165) is 30.1 Å². The third kappa shape index (κ3) is 4.70. The molecule has 2 heterocycles. The molecule has 5 rings (SSSR count). The molecular formula is C28H27N3O5. The summed E-state index contributed by atoms with van der Waals surface area (Å²) in [6.07, 6.45) is 1.64. The summed E-state index contributed by atoms with van der Waals surface area (Å²) in [5.74, 6) is 1.62. The molecule has 2 aliphatic heterocycles. The lowest BCUT2D eigenvalue weighted by Crippen LogP contribution is -2.48. The molecule has 0 atom stereocenters. The number of ether oxygens (including phenoxy) is 3. The summed E-state index contributed by atoms with van der Waals surface area (Å²) >= 11 is 0. The number of nitrogens with one attached hydrogen (secondary N) is 1. The van der Waals surface area contributed by atoms with Crippen LogP contribution in [-0.4, -0.2) is 57.1 Å². The highest BCUT2D eigenvalue weighted by Crippen LogP contribution is 2.33. The van der Waals surface area contributed by atoms with Gasteiger partial charge in [-0.1, -0.05) is 24.3 Å². The van der Waals surface area contributed by atoms with Crippen molar-refractivity contribution in [1.29, 1.82) is 0 Å². The van der Waals surface area contributed by atoms with Crippen LogP contribution in [0.1, 0.15) is 15.9 Å². The molecule has 0 unspecified atom stereocenters. The van der Waals surface area contributed by atoms with Gasteiger partial charge in [-0.3, -0.25) is 9.59 Å². The van der Waals surface area contributed by atoms with Crippen molar-refractivity contribution < 1.29 is 23.8 Å². The average Bonchev–Trinajstić information content (AvgIpc) is 2.93. The largest absolute Gasteiger partial charge is 0.497 e. The van der Waals surface area contributed by atoms with Gasteiger partial charge in [0.25, 0.3) is 11.8 Å². The minimum atomic E-state index is -0.384. The lowest BCUT2D eigenvalue weighted by atomic mass is 10.1. The Labute approximate surface area is 209 Å². The van der Waals surface area contributed by atoms with Gasteiger partial charge in [0.05, 0.1) is 19.9 Å². The minimum absolute atomic E-state index is 0.0762. The zero-order chi connectivity index (χ0) is 25.1. The van der Waals surface area contributed by atoms with Gasteiger partial charge in [-0.15, -0.1) is 0 Å². The maximum atomic E-state index is 13.2. The molecule has 1 N–H and O–H groups in total. The van der Waals surface area contributed by atoms with E-state index in [1.807, 2.05) is 53.4 Å². The maximum absolute atomic E-state index is 13.2. The average molecular weight is 486 g/mol. The summed E-state index contributed by atoms with van der Waals surface area (Å²) < 4.78 is 16.5. The van der Waals surface area contributed by atoms with E-state index in [1.165, 1.54) is 0 Å². The molecule has 8 nitrogen and oxygen atoms in total. The van der Waals surface area contributed by atoms with Crippen LogP contribution in [0, 0.1) is 0 Å². The molecule has 184 valence electrons. The number of benzene rings is 3. The van der Waals surface area contributed by atoms with Crippen molar-refractivity contribution in [2.24, 2.45) is 0 Å². The molecule has 1 saturated heterocycles. The topological polar surface area (TPSA) is 80.3 Å². The number of rotatable bonds is 5. The summed E-state index contributed by atoms with van der Waals surface area (Å²) in [6, 6.07) is 20.4. The fraction of sp³-hybridized carbons (Fsp3) is 0.214. The molecule has 3 aromatic carbocycles. The number of carbonyl (C=O) groups excluding carboxylic acids is 2. The molecular weight excluding hydrogens is 458 g/mol. The molecule has 0 spiro atoms. The molecule has 2 aliphatic rings. The molecule has 36 heavy (non-hydrogen) atoms. The van der Waals surface area contributed by atoms with Crippen molar-refractivity contribution >= 4 is 29.3 Å². The van der Waals surface area contributed by atoms with E-state index in [4.69, 9.17) is 14.2 Å². The normalized spacial score (nSPS) is 16.2. The van der Waals surface area contributed by atoms with E-state index in [9.17, 15) is 9.59 Å². The van der Waals surface area contributed by atoms with Crippen LogP contribution < -0.4 is 24.4 Å². The highest BCUT2D eigenvalue weighted by Gasteiger charge is 2.26. The first-order chi connectivity index (χ1) is 17.6. The molecule has 8 heteroatoms. The van der Waals surface area contributed by atoms with Crippen LogP contribution in [0.3, 0.4) is 0 Å². The Hall–Kier alpha value is -4.46. The van der Waals surface area contributed by atoms with Crippen LogP contribution in [0.2, 0.25) is 0 Å². The van der Waals surface area contributed by atoms with Crippen LogP contribution in [0.5, 0.6) is 17.2 Å². The Balaban J connectivity index is 1.27. The van der Waals surface area contributed by atoms with Crippen molar-refractivity contribution in [2.75, 3.05) is 50.6 Å². The highest BCUT2D eigenvalue weighted by molar-refractivity contribution is 6.09. The molecule has 0 saturated carbocycles. The summed E-state index contributed by atoms with van der Waals surface area (Å²) in [6.45, 7) is 2.64. The Bertz CT molecular complexity index is 1330. The maximum Gasteiger partial charge on any atom is 0.291 e. The van der Waals surface area contributed by atoms with Crippen molar-refractivity contribution in [1.82, 2.24) is 4.90 Å². The molecule has 2 amide bonds. The first-order valence-corrected chi connectivity index (χ1v) is 11.7. The van der Waals surface area contributed by atoms with Crippen molar-refractivity contribution in [3.63, 3.8) is 0 Å². The van der Waals surface area contributed by atoms with Crippen molar-refractivity contribution in [3.05, 3.63) is 83.6 Å². The monoisotopic (exact) mass is 485 g/mol. The number of carbonyl (C=O) groups is 2. The minimum Gasteiger partial charge on any atom is -0.497 e. The van der Waals surface area contributed by atoms with E-state index in [1.54, 1.807) is 38.5 Å². The number of para-hydroxylation sites is 1. The lowest BCUT2D eigenvalue weighted by Gasteiger charge is -2.36. The number of hydrogen-bond acceptors (Lipinski definition) is 6. The fourth-order valence-electron chi connectivity index (χ4n) is 4.38. The predicted octanol–water partition coefficient (Wildman–Crippen LogP) is 4.04. The van der Waals surface area contributed by atoms with Gasteiger partial charge in [-0.05, 0) is 42.5 Å². The van der Waals surface area contributed by atoms with Gasteiger partial charge in [0.2, 0.25) is 0 Å². The van der Waals surface area contributed by atoms with E-state index >= 15 is 0 Å². The Morgan fingerprint density at radius 3 is 2.53 bits per heavy atom. The second kappa shape index (κ2) is 10.0. The number of fused-ring (bicyclic) bond motifs is 1. The number of methoxy groups -OCH3 is 2. The van der Waals surface area contributed by atoms with E-state index in [0.29, 0.717) is 35.8 Å². The number of piperazine rings is 1. The summed E-state index contributed by atoms with van der Waals surface area (Å²) in [5, 5.41) is 2.84. The third-order valence-electron chi connectivity index (χ3n) is 6.33. The molecule has 0 aromatic heterocycles. The highest BCUT2D eigenvalue weighted by atomic mass is 16.5. The second-order valence-corrected chi connectivity index (χ2v) is 8.50. The third-order valence-corrected chi connectivity index (χ3v) is 6.33. The van der Waals surface area contributed by atoms with Crippen LogP contribution in [0.15, 0.2) is 72.5 Å². The smallest absolute Gasteiger partial charge is 0.291 e. The summed E-state index contributed by atoms with van der Waals surface area (Å²) in [4.78, 5) is 30.0. The zero-order valence-corrected chi connectivity index (χ0v) is 20.2. The number of hydrogen-bond donors (Lipinski definition) is 1. The second-order valence-electron chi connectivity index (χ2n) is 8.50. The number of nitrogens with zero attached hydrogens (tertiary/aromatic N) is 2. The first kappa shape index (κ1) is 23.3. The summed E-state index contributed by atoms with van der Waals surface area (Å²) in [7, 11) is 3.23. The van der Waals surface area contributed by atoms with Gasteiger partial charge >= 0.3 is 0 Å². The van der Waals surface area contributed by atoms with Gasteiger partial charge in [0.1, 0.15) is 11.5 Å². The molecule has 0 bridgehead atoms. The Kier molecular flexibility index (Phi) is 6.49. The number of amides is 2. The SMILES string of the molecule is COc1cccc(N2CCN(C(=O)c3ccc4c(c3)NC(=O)C(=Cc3ccccc3OC)O4)CC2)c1. The molecule has 1 fully saturated rings. The van der Waals surface area contributed by atoms with Gasteiger partial charge in [0, 0.05) is 49.1 Å². The predicted molar refractivity (Wildman–Crippen MR) is 138 cm³/mol. The van der Waals surface area contributed by atoms with Crippen LogP contribution in [0.25, 0.3) is 6.08 Å². The fourth-order valence-corrected chi connectivity index (χ4v) is 4.38. The van der Waals surface area contributed by atoms with E-state index in [-0.39, 0.29) is 17.6 Å². The Morgan fingerprint density at radius 1 is 0.944 bits per heavy atom. The molecule has 0 aliphatic carbocycles. The van der Waals surface area contributed by atoms with Crippen LogP contribution in [0.4, 0.5) is 11.4 Å². The standard InChI is InChI=1S/C28H27N3O5/c1-34-22-8-5-7-21(18-22)30-12-14-31(15-13-30)28(33)20-10-11-25-23(16-20)29-27(32)26(36-25)17-19-6-3-4-9-24(19)35-2/h3-11,16-18H,12-15H2,1-2H3,(H,29,32). The lowest BCUT2D eigenvalue weighted by molar-refractivity contribution is -0.115.